The molecule has 4 N–H and O–H groups in total. The summed E-state index contributed by atoms with van der Waals surface area (Å²) in [6, 6.07) is -0.0949. The topological polar surface area (TPSA) is 75.3 Å². The number of carboxylic acids is 1. The monoisotopic (exact) mass is 128 g/mol. The molecule has 4 heteroatoms. The van der Waals surface area contributed by atoms with Crippen molar-refractivity contribution in [2.75, 3.05) is 0 Å². The van der Waals surface area contributed by atoms with Crippen molar-refractivity contribution in [3.05, 3.63) is 11.4 Å². The van der Waals surface area contributed by atoms with Crippen LogP contribution in [0.15, 0.2) is 11.4 Å². The first kappa shape index (κ1) is 5.94. The van der Waals surface area contributed by atoms with E-state index in [1.807, 2.05) is 0 Å². The highest BCUT2D eigenvalue weighted by Crippen LogP contribution is 2.13. The summed E-state index contributed by atoms with van der Waals surface area (Å²) in [6.07, 6.45) is 0. The van der Waals surface area contributed by atoms with Gasteiger partial charge in [-0.1, -0.05) is 0 Å². The lowest BCUT2D eigenvalue weighted by Gasteiger charge is -2.27. The van der Waals surface area contributed by atoms with Crippen LogP contribution in [0.3, 0.4) is 0 Å². The molecule has 1 aliphatic rings. The van der Waals surface area contributed by atoms with Gasteiger partial charge in [0.1, 0.15) is 5.82 Å². The van der Waals surface area contributed by atoms with Gasteiger partial charge in [0.25, 0.3) is 0 Å². The summed E-state index contributed by atoms with van der Waals surface area (Å²) in [5.74, 6) is -0.645. The molecule has 0 unspecified atom stereocenters. The molecule has 9 heavy (non-hydrogen) atoms. The minimum absolute atomic E-state index is 0.0949. The third-order valence-corrected chi connectivity index (χ3v) is 1.33. The molecule has 0 bridgehead atoms. The van der Waals surface area contributed by atoms with Crippen molar-refractivity contribution in [1.82, 2.24) is 5.32 Å². The second kappa shape index (κ2) is 1.65. The molecule has 0 aromatic rings. The molecule has 0 aromatic heterocycles. The van der Waals surface area contributed by atoms with Crippen molar-refractivity contribution in [3.8, 4) is 0 Å². The van der Waals surface area contributed by atoms with Gasteiger partial charge in [-0.05, 0) is 6.92 Å². The summed E-state index contributed by atoms with van der Waals surface area (Å²) in [5, 5.41) is 11.1. The fraction of sp³-hybridized carbons (Fsp3) is 0.400. The fourth-order valence-corrected chi connectivity index (χ4v) is 0.839. The quantitative estimate of drug-likeness (QED) is 0.433. The lowest BCUT2D eigenvalue weighted by atomic mass is 10.0. The number of carboxylic acid groups (broad SMARTS) is 1. The van der Waals surface area contributed by atoms with Crippen molar-refractivity contribution < 1.29 is 9.90 Å². The number of rotatable bonds is 1. The Morgan fingerprint density at radius 1 is 1.89 bits per heavy atom. The van der Waals surface area contributed by atoms with Gasteiger partial charge >= 0.3 is 5.97 Å². The Morgan fingerprint density at radius 3 is 2.56 bits per heavy atom. The van der Waals surface area contributed by atoms with Crippen LogP contribution in [0.25, 0.3) is 0 Å². The molecule has 1 heterocycles. The van der Waals surface area contributed by atoms with Gasteiger partial charge in [0, 0.05) is 0 Å². The lowest BCUT2D eigenvalue weighted by molar-refractivity contribution is -0.133. The smallest absolute Gasteiger partial charge is 0.337 e. The van der Waals surface area contributed by atoms with E-state index < -0.39 is 5.97 Å². The molecule has 0 fully saturated rings. The van der Waals surface area contributed by atoms with Crippen LogP contribution in [0.2, 0.25) is 0 Å². The van der Waals surface area contributed by atoms with Gasteiger partial charge < -0.3 is 16.2 Å². The lowest BCUT2D eigenvalue weighted by Crippen LogP contribution is -2.46. The second-order valence-electron chi connectivity index (χ2n) is 2.00. The molecule has 4 nitrogen and oxygen atoms in total. The molecule has 1 rings (SSSR count). The highest BCUT2D eigenvalue weighted by Gasteiger charge is 2.28. The summed E-state index contributed by atoms with van der Waals surface area (Å²) in [5.41, 5.74) is 5.49. The van der Waals surface area contributed by atoms with Crippen LogP contribution in [0, 0.1) is 0 Å². The van der Waals surface area contributed by atoms with Crippen molar-refractivity contribution in [3.63, 3.8) is 0 Å². The van der Waals surface area contributed by atoms with E-state index in [-0.39, 0.29) is 17.4 Å². The maximum atomic E-state index is 10.2. The van der Waals surface area contributed by atoms with Crippen molar-refractivity contribution in [2.24, 2.45) is 5.73 Å². The number of nitrogens with two attached hydrogens (primary N) is 1. The first-order chi connectivity index (χ1) is 4.13. The standard InChI is InChI=1S/C5H8N2O2/c1-2-3(5(8)9)4(6)7-2/h2,7H,6H2,1H3,(H,8,9)/t2-/m1/s1. The Bertz CT molecular complexity index is 185. The van der Waals surface area contributed by atoms with E-state index in [4.69, 9.17) is 10.8 Å². The van der Waals surface area contributed by atoms with Crippen LogP contribution >= 0.6 is 0 Å². The van der Waals surface area contributed by atoms with Gasteiger partial charge in [0.15, 0.2) is 0 Å². The molecular weight excluding hydrogens is 120 g/mol. The zero-order valence-corrected chi connectivity index (χ0v) is 5.01. The zero-order chi connectivity index (χ0) is 7.02. The molecule has 1 aliphatic heterocycles. The van der Waals surface area contributed by atoms with Crippen molar-refractivity contribution in [1.29, 1.82) is 0 Å². The van der Waals surface area contributed by atoms with Crippen molar-refractivity contribution >= 4 is 5.97 Å². The van der Waals surface area contributed by atoms with E-state index in [0.29, 0.717) is 0 Å². The first-order valence-electron chi connectivity index (χ1n) is 2.62. The number of nitrogens with one attached hydrogen (secondary N) is 1. The largest absolute Gasteiger partial charge is 0.478 e. The first-order valence-corrected chi connectivity index (χ1v) is 2.62. The number of aliphatic carboxylic acids is 1. The molecule has 0 aromatic carbocycles. The Kier molecular flexibility index (Phi) is 1.09. The third-order valence-electron chi connectivity index (χ3n) is 1.33. The number of carbonyl (C=O) groups is 1. The van der Waals surface area contributed by atoms with Gasteiger partial charge in [0.2, 0.25) is 0 Å². The molecule has 1 atom stereocenters. The van der Waals surface area contributed by atoms with Crippen molar-refractivity contribution in [2.45, 2.75) is 13.0 Å². The van der Waals surface area contributed by atoms with Gasteiger partial charge in [-0.15, -0.1) is 0 Å². The van der Waals surface area contributed by atoms with Gasteiger partial charge in [-0.2, -0.15) is 0 Å². The summed E-state index contributed by atoms with van der Waals surface area (Å²) in [6.45, 7) is 1.75. The summed E-state index contributed by atoms with van der Waals surface area (Å²) in [4.78, 5) is 10.2. The molecule has 50 valence electrons. The Labute approximate surface area is 52.3 Å². The maximum absolute atomic E-state index is 10.2. The normalized spacial score (nSPS) is 24.8. The van der Waals surface area contributed by atoms with Crippen LogP contribution < -0.4 is 11.1 Å². The zero-order valence-electron chi connectivity index (χ0n) is 5.01. The van der Waals surface area contributed by atoms with E-state index in [9.17, 15) is 4.79 Å². The second-order valence-corrected chi connectivity index (χ2v) is 2.00. The SMILES string of the molecule is C[C@H]1NC(N)=C1C(=O)O. The Morgan fingerprint density at radius 2 is 2.44 bits per heavy atom. The third kappa shape index (κ3) is 0.718. The van der Waals surface area contributed by atoms with Crippen LogP contribution in [0.5, 0.6) is 0 Å². The fourth-order valence-electron chi connectivity index (χ4n) is 0.839. The molecule has 0 saturated heterocycles. The molecular formula is C5H8N2O2. The van der Waals surface area contributed by atoms with Gasteiger partial charge in [0.05, 0.1) is 11.6 Å². The molecule has 0 radical (unpaired) electrons. The average molecular weight is 128 g/mol. The highest BCUT2D eigenvalue weighted by molar-refractivity contribution is 5.90. The van der Waals surface area contributed by atoms with E-state index in [2.05, 4.69) is 5.32 Å². The van der Waals surface area contributed by atoms with E-state index in [1.165, 1.54) is 0 Å². The number of hydrogen-bond acceptors (Lipinski definition) is 3. The predicted octanol–water partition coefficient (Wildman–Crippen LogP) is -0.767. The molecule has 0 spiro atoms. The molecule has 0 saturated carbocycles. The van der Waals surface area contributed by atoms with E-state index >= 15 is 0 Å². The van der Waals surface area contributed by atoms with Crippen LogP contribution in [0.4, 0.5) is 0 Å². The minimum Gasteiger partial charge on any atom is -0.478 e. The summed E-state index contributed by atoms with van der Waals surface area (Å²) < 4.78 is 0. The average Bonchev–Trinajstić information content (AvgIpc) is 1.62. The van der Waals surface area contributed by atoms with Gasteiger partial charge in [-0.3, -0.25) is 0 Å². The van der Waals surface area contributed by atoms with E-state index in [0.717, 1.165) is 0 Å². The van der Waals surface area contributed by atoms with Crippen LogP contribution in [-0.2, 0) is 4.79 Å². The molecule has 0 amide bonds. The highest BCUT2D eigenvalue weighted by atomic mass is 16.4. The predicted molar refractivity (Wildman–Crippen MR) is 31.4 cm³/mol. The molecule has 0 aliphatic carbocycles. The summed E-state index contributed by atoms with van der Waals surface area (Å²) in [7, 11) is 0. The van der Waals surface area contributed by atoms with Crippen LogP contribution in [-0.4, -0.2) is 17.1 Å². The Balaban J connectivity index is 2.80. The van der Waals surface area contributed by atoms with Crippen LogP contribution in [0.1, 0.15) is 6.92 Å². The minimum atomic E-state index is -0.932. The maximum Gasteiger partial charge on any atom is 0.337 e. The number of hydrogen-bond donors (Lipinski definition) is 3. The van der Waals surface area contributed by atoms with Gasteiger partial charge in [-0.25, -0.2) is 4.79 Å². The van der Waals surface area contributed by atoms with E-state index in [1.54, 1.807) is 6.92 Å². The summed E-state index contributed by atoms with van der Waals surface area (Å²) >= 11 is 0. The Hall–Kier alpha value is -1.19.